The highest BCUT2D eigenvalue weighted by Crippen LogP contribution is 2.30. The Hall–Kier alpha value is -2.27. The number of ether oxygens (including phenoxy) is 1. The second kappa shape index (κ2) is 6.23. The van der Waals surface area contributed by atoms with Gasteiger partial charge >= 0.3 is 0 Å². The molecule has 0 saturated heterocycles. The molecule has 4 nitrogen and oxygen atoms in total. The van der Waals surface area contributed by atoms with E-state index in [4.69, 9.17) is 4.74 Å². The molecule has 0 atom stereocenters. The number of hydrogen-bond donors (Lipinski definition) is 0. The molecule has 2 aromatic heterocycles. The maximum Gasteiger partial charge on any atom is 0.258 e. The van der Waals surface area contributed by atoms with E-state index in [1.54, 1.807) is 29.3 Å². The van der Waals surface area contributed by atoms with E-state index >= 15 is 0 Å². The van der Waals surface area contributed by atoms with Gasteiger partial charge in [0, 0.05) is 22.9 Å². The second-order valence-corrected chi connectivity index (χ2v) is 5.98. The van der Waals surface area contributed by atoms with E-state index < -0.39 is 0 Å². The van der Waals surface area contributed by atoms with Crippen LogP contribution in [0.25, 0.3) is 5.65 Å². The molecular weight excluding hydrogens is 296 g/mol. The normalized spacial score (nSPS) is 10.8. The van der Waals surface area contributed by atoms with E-state index in [2.05, 4.69) is 4.98 Å². The third-order valence-electron chi connectivity index (χ3n) is 3.31. The number of para-hydroxylation sites is 1. The molecule has 0 radical (unpaired) electrons. The molecule has 3 rings (SSSR count). The van der Waals surface area contributed by atoms with Crippen molar-refractivity contribution >= 4 is 17.4 Å². The van der Waals surface area contributed by atoms with Crippen LogP contribution in [0.2, 0.25) is 0 Å². The Morgan fingerprint density at radius 3 is 2.86 bits per heavy atom. The molecule has 0 aliphatic carbocycles. The van der Waals surface area contributed by atoms with Crippen LogP contribution in [0, 0.1) is 6.92 Å². The van der Waals surface area contributed by atoms with Gasteiger partial charge in [-0.1, -0.05) is 18.2 Å². The van der Waals surface area contributed by atoms with Crippen molar-refractivity contribution in [3.63, 3.8) is 0 Å². The van der Waals surface area contributed by atoms with Crippen LogP contribution in [0.3, 0.4) is 0 Å². The van der Waals surface area contributed by atoms with Crippen molar-refractivity contribution in [1.29, 1.82) is 0 Å². The Morgan fingerprint density at radius 1 is 1.23 bits per heavy atom. The highest BCUT2D eigenvalue weighted by molar-refractivity contribution is 7.98. The molecule has 1 aromatic carbocycles. The van der Waals surface area contributed by atoms with Crippen molar-refractivity contribution < 1.29 is 4.74 Å². The van der Waals surface area contributed by atoms with Crippen molar-refractivity contribution in [2.75, 3.05) is 7.11 Å². The number of hydrogen-bond acceptors (Lipinski definition) is 4. The summed E-state index contributed by atoms with van der Waals surface area (Å²) in [4.78, 5) is 17.8. The summed E-state index contributed by atoms with van der Waals surface area (Å²) in [5.41, 5.74) is 2.43. The molecule has 5 heteroatoms. The highest BCUT2D eigenvalue weighted by Gasteiger charge is 2.06. The van der Waals surface area contributed by atoms with Crippen LogP contribution in [0.4, 0.5) is 0 Å². The van der Waals surface area contributed by atoms with Gasteiger partial charge in [0.2, 0.25) is 0 Å². The minimum Gasteiger partial charge on any atom is -0.496 e. The van der Waals surface area contributed by atoms with Gasteiger partial charge in [-0.3, -0.25) is 9.20 Å². The van der Waals surface area contributed by atoms with E-state index in [9.17, 15) is 4.79 Å². The molecule has 112 valence electrons. The molecule has 2 heterocycles. The topological polar surface area (TPSA) is 43.6 Å². The maximum absolute atomic E-state index is 12.2. The molecule has 0 amide bonds. The molecule has 0 aliphatic rings. The summed E-state index contributed by atoms with van der Waals surface area (Å²) in [6, 6.07) is 13.2. The van der Waals surface area contributed by atoms with E-state index in [1.165, 1.54) is 0 Å². The zero-order valence-corrected chi connectivity index (χ0v) is 13.3. The predicted molar refractivity (Wildman–Crippen MR) is 88.8 cm³/mol. The number of pyridine rings is 1. The molecular formula is C17H16N2O2S. The fourth-order valence-electron chi connectivity index (χ4n) is 2.22. The van der Waals surface area contributed by atoms with E-state index in [-0.39, 0.29) is 5.56 Å². The molecule has 3 aromatic rings. The Kier molecular flexibility index (Phi) is 4.15. The van der Waals surface area contributed by atoms with Gasteiger partial charge in [0.1, 0.15) is 11.4 Å². The van der Waals surface area contributed by atoms with Gasteiger partial charge in [0.05, 0.1) is 12.8 Å². The van der Waals surface area contributed by atoms with Gasteiger partial charge in [-0.2, -0.15) is 0 Å². The number of thioether (sulfide) groups is 1. The first kappa shape index (κ1) is 14.7. The first-order chi connectivity index (χ1) is 10.7. The van der Waals surface area contributed by atoms with Crippen LogP contribution in [-0.2, 0) is 5.75 Å². The predicted octanol–water partition coefficient (Wildman–Crippen LogP) is 3.30. The summed E-state index contributed by atoms with van der Waals surface area (Å²) in [7, 11) is 1.66. The zero-order valence-electron chi connectivity index (χ0n) is 12.4. The first-order valence-electron chi connectivity index (χ1n) is 6.92. The summed E-state index contributed by atoms with van der Waals surface area (Å²) in [5.74, 6) is 1.46. The fraction of sp³-hybridized carbons (Fsp3) is 0.176. The van der Waals surface area contributed by atoms with E-state index in [1.807, 2.05) is 49.5 Å². The Balaban J connectivity index is 1.88. The average Bonchev–Trinajstić information content (AvgIpc) is 2.54. The lowest BCUT2D eigenvalue weighted by atomic mass is 10.3. The minimum absolute atomic E-state index is 0.0515. The lowest BCUT2D eigenvalue weighted by molar-refractivity contribution is 0.405. The molecule has 0 unspecified atom stereocenters. The fourth-order valence-corrected chi connectivity index (χ4v) is 3.14. The SMILES string of the molecule is COc1ccccc1SCc1cc(=O)n2cc(C)ccc2n1. The molecule has 0 fully saturated rings. The van der Waals surface area contributed by atoms with E-state index in [0.29, 0.717) is 11.4 Å². The average molecular weight is 312 g/mol. The number of methoxy groups -OCH3 is 1. The monoisotopic (exact) mass is 312 g/mol. The van der Waals surface area contributed by atoms with Crippen molar-refractivity contribution in [2.24, 2.45) is 0 Å². The maximum atomic E-state index is 12.2. The highest BCUT2D eigenvalue weighted by atomic mass is 32.2. The third kappa shape index (κ3) is 2.99. The van der Waals surface area contributed by atoms with Crippen LogP contribution < -0.4 is 10.3 Å². The zero-order chi connectivity index (χ0) is 15.5. The Morgan fingerprint density at radius 2 is 2.05 bits per heavy atom. The number of rotatable bonds is 4. The Labute approximate surface area is 132 Å². The lowest BCUT2D eigenvalue weighted by Crippen LogP contribution is -2.15. The summed E-state index contributed by atoms with van der Waals surface area (Å²) in [6.07, 6.45) is 1.81. The van der Waals surface area contributed by atoms with Crippen molar-refractivity contribution in [1.82, 2.24) is 9.38 Å². The van der Waals surface area contributed by atoms with Crippen molar-refractivity contribution in [3.8, 4) is 5.75 Å². The third-order valence-corrected chi connectivity index (χ3v) is 4.39. The molecule has 0 N–H and O–H groups in total. The minimum atomic E-state index is -0.0515. The summed E-state index contributed by atoms with van der Waals surface area (Å²) < 4.78 is 6.91. The number of fused-ring (bicyclic) bond motifs is 1. The van der Waals surface area contributed by atoms with E-state index in [0.717, 1.165) is 21.9 Å². The molecule has 0 bridgehead atoms. The van der Waals surface area contributed by atoms with Crippen molar-refractivity contribution in [2.45, 2.75) is 17.6 Å². The molecule has 22 heavy (non-hydrogen) atoms. The van der Waals surface area contributed by atoms with Gasteiger partial charge in [-0.25, -0.2) is 4.98 Å². The van der Waals surface area contributed by atoms with Gasteiger partial charge in [-0.15, -0.1) is 11.8 Å². The lowest BCUT2D eigenvalue weighted by Gasteiger charge is -2.08. The van der Waals surface area contributed by atoms with Crippen LogP contribution in [-0.4, -0.2) is 16.5 Å². The first-order valence-corrected chi connectivity index (χ1v) is 7.91. The molecule has 0 saturated carbocycles. The van der Waals surface area contributed by atoms with Gasteiger partial charge in [0.25, 0.3) is 5.56 Å². The summed E-state index contributed by atoms with van der Waals surface area (Å²) >= 11 is 1.61. The largest absolute Gasteiger partial charge is 0.496 e. The summed E-state index contributed by atoms with van der Waals surface area (Å²) in [5, 5.41) is 0. The van der Waals surface area contributed by atoms with Crippen LogP contribution >= 0.6 is 11.8 Å². The number of benzene rings is 1. The van der Waals surface area contributed by atoms with Crippen LogP contribution in [0.5, 0.6) is 5.75 Å². The smallest absolute Gasteiger partial charge is 0.258 e. The Bertz CT molecular complexity index is 874. The van der Waals surface area contributed by atoms with Gasteiger partial charge in [0.15, 0.2) is 0 Å². The number of aromatic nitrogens is 2. The molecule has 0 spiro atoms. The van der Waals surface area contributed by atoms with Crippen LogP contribution in [0.1, 0.15) is 11.3 Å². The number of aryl methyl sites for hydroxylation is 1. The second-order valence-electron chi connectivity index (χ2n) is 4.96. The van der Waals surface area contributed by atoms with Crippen molar-refractivity contribution in [3.05, 3.63) is 70.3 Å². The molecule has 0 aliphatic heterocycles. The quantitative estimate of drug-likeness (QED) is 0.693. The van der Waals surface area contributed by atoms with Crippen LogP contribution in [0.15, 0.2) is 58.4 Å². The summed E-state index contributed by atoms with van der Waals surface area (Å²) in [6.45, 7) is 1.96. The standard InChI is InChI=1S/C17H16N2O2S/c1-12-7-8-16-18-13(9-17(20)19(16)10-12)11-22-15-6-4-3-5-14(15)21-2/h3-10H,11H2,1-2H3. The van der Waals surface area contributed by atoms with Gasteiger partial charge in [-0.05, 0) is 30.7 Å². The van der Waals surface area contributed by atoms with Gasteiger partial charge < -0.3 is 4.74 Å². The number of nitrogens with zero attached hydrogens (tertiary/aromatic N) is 2.